The molecule has 2 aromatic carbocycles. The molecule has 1 saturated carbocycles. The third-order valence-corrected chi connectivity index (χ3v) is 6.85. The van der Waals surface area contributed by atoms with E-state index in [0.717, 1.165) is 17.5 Å². The summed E-state index contributed by atoms with van der Waals surface area (Å²) in [6.07, 6.45) is 1.26. The van der Waals surface area contributed by atoms with Crippen LogP contribution in [0.1, 0.15) is 64.0 Å². The first-order valence-corrected chi connectivity index (χ1v) is 14.6. The number of ether oxygens (including phenoxy) is 4. The summed E-state index contributed by atoms with van der Waals surface area (Å²) in [6, 6.07) is 15.2. The lowest BCUT2D eigenvalue weighted by atomic mass is 10.0. The van der Waals surface area contributed by atoms with Crippen LogP contribution < -0.4 is 20.7 Å². The Balaban J connectivity index is 1.51. The Morgan fingerprint density at radius 3 is 2.23 bits per heavy atom. The van der Waals surface area contributed by atoms with Gasteiger partial charge in [-0.3, -0.25) is 9.59 Å². The molecule has 234 valence electrons. The van der Waals surface area contributed by atoms with Gasteiger partial charge >= 0.3 is 18.2 Å². The Bertz CT molecular complexity index is 1200. The van der Waals surface area contributed by atoms with E-state index in [1.165, 1.54) is 0 Å². The van der Waals surface area contributed by atoms with Crippen molar-refractivity contribution in [2.45, 2.75) is 83.8 Å². The van der Waals surface area contributed by atoms with Crippen molar-refractivity contribution < 1.29 is 38.1 Å². The van der Waals surface area contributed by atoms with Crippen molar-refractivity contribution in [1.82, 2.24) is 16.0 Å². The predicted octanol–water partition coefficient (Wildman–Crippen LogP) is 4.62. The average molecular weight is 598 g/mol. The Morgan fingerprint density at radius 2 is 1.56 bits per heavy atom. The van der Waals surface area contributed by atoms with Crippen LogP contribution in [0, 0.1) is 5.92 Å². The summed E-state index contributed by atoms with van der Waals surface area (Å²) in [5, 5.41) is 8.24. The van der Waals surface area contributed by atoms with Gasteiger partial charge in [0.25, 0.3) is 0 Å². The first kappa shape index (κ1) is 33.2. The SMILES string of the molecule is COc1ccc(COC(=O)[C@@H]2CCC[C@@H]2NC(=O)[C@H](CCCNC(=O)OCc2ccccc2)NC(=O)OC(C)(C)C)cc1. The maximum atomic E-state index is 13.3. The molecule has 3 amide bonds. The van der Waals surface area contributed by atoms with E-state index >= 15 is 0 Å². The molecule has 0 aliphatic heterocycles. The molecule has 0 saturated heterocycles. The molecule has 3 atom stereocenters. The number of benzene rings is 2. The highest BCUT2D eigenvalue weighted by Gasteiger charge is 2.37. The predicted molar refractivity (Wildman–Crippen MR) is 159 cm³/mol. The molecule has 2 aromatic rings. The van der Waals surface area contributed by atoms with Gasteiger partial charge in [0.1, 0.15) is 30.6 Å². The summed E-state index contributed by atoms with van der Waals surface area (Å²) < 4.78 is 21.3. The summed E-state index contributed by atoms with van der Waals surface area (Å²) in [5.41, 5.74) is 0.942. The van der Waals surface area contributed by atoms with Crippen molar-refractivity contribution in [3.8, 4) is 5.75 Å². The largest absolute Gasteiger partial charge is 0.497 e. The minimum atomic E-state index is -0.937. The number of hydrogen-bond donors (Lipinski definition) is 3. The van der Waals surface area contributed by atoms with Crippen LogP contribution in [0.5, 0.6) is 5.75 Å². The van der Waals surface area contributed by atoms with Gasteiger partial charge in [0.05, 0.1) is 13.0 Å². The number of carbonyl (C=O) groups excluding carboxylic acids is 4. The molecule has 0 unspecified atom stereocenters. The van der Waals surface area contributed by atoms with E-state index in [-0.39, 0.29) is 32.1 Å². The molecular formula is C32H43N3O8. The van der Waals surface area contributed by atoms with E-state index in [2.05, 4.69) is 16.0 Å². The number of methoxy groups -OCH3 is 1. The fourth-order valence-corrected chi connectivity index (χ4v) is 4.67. The van der Waals surface area contributed by atoms with Crippen LogP contribution in [0.2, 0.25) is 0 Å². The Morgan fingerprint density at radius 1 is 0.884 bits per heavy atom. The molecule has 3 N–H and O–H groups in total. The standard InChI is InChI=1S/C32H43N3O8/c1-32(2,3)43-31(39)35-27(14-9-19-33-30(38)42-21-22-10-6-5-7-11-22)28(36)34-26-13-8-12-25(26)29(37)41-20-23-15-17-24(40-4)18-16-23/h5-7,10-11,15-18,25-27H,8-9,12-14,19-21H2,1-4H3,(H,33,38)(H,34,36)(H,35,39)/t25-,26+,27+/m1/s1. The second-order valence-electron chi connectivity index (χ2n) is 11.4. The maximum absolute atomic E-state index is 13.3. The van der Waals surface area contributed by atoms with Crippen molar-refractivity contribution in [3.63, 3.8) is 0 Å². The molecule has 1 aliphatic carbocycles. The lowest BCUT2D eigenvalue weighted by Crippen LogP contribution is -2.52. The minimum Gasteiger partial charge on any atom is -0.497 e. The maximum Gasteiger partial charge on any atom is 0.408 e. The summed E-state index contributed by atoms with van der Waals surface area (Å²) in [5.74, 6) is -0.599. The molecule has 11 heteroatoms. The second-order valence-corrected chi connectivity index (χ2v) is 11.4. The van der Waals surface area contributed by atoms with E-state index in [1.54, 1.807) is 40.0 Å². The van der Waals surface area contributed by atoms with Crippen molar-refractivity contribution in [1.29, 1.82) is 0 Å². The summed E-state index contributed by atoms with van der Waals surface area (Å²) in [7, 11) is 1.58. The van der Waals surface area contributed by atoms with Gasteiger partial charge in [-0.1, -0.05) is 48.9 Å². The minimum absolute atomic E-state index is 0.115. The van der Waals surface area contributed by atoms with E-state index < -0.39 is 41.7 Å². The molecule has 43 heavy (non-hydrogen) atoms. The number of rotatable bonds is 13. The first-order valence-electron chi connectivity index (χ1n) is 14.6. The number of nitrogens with one attached hydrogen (secondary N) is 3. The van der Waals surface area contributed by atoms with E-state index in [9.17, 15) is 19.2 Å². The zero-order valence-electron chi connectivity index (χ0n) is 25.4. The molecule has 0 radical (unpaired) electrons. The molecule has 0 bridgehead atoms. The van der Waals surface area contributed by atoms with Crippen molar-refractivity contribution in [2.75, 3.05) is 13.7 Å². The van der Waals surface area contributed by atoms with Crippen LogP contribution in [-0.2, 0) is 37.0 Å². The third-order valence-electron chi connectivity index (χ3n) is 6.85. The van der Waals surface area contributed by atoms with Crippen LogP contribution in [0.4, 0.5) is 9.59 Å². The lowest BCUT2D eigenvalue weighted by molar-refractivity contribution is -0.150. The van der Waals surface area contributed by atoms with E-state index in [1.807, 2.05) is 42.5 Å². The van der Waals surface area contributed by atoms with Crippen LogP contribution in [-0.4, -0.2) is 55.4 Å². The van der Waals surface area contributed by atoms with Gasteiger partial charge in [-0.2, -0.15) is 0 Å². The zero-order chi connectivity index (χ0) is 31.2. The highest BCUT2D eigenvalue weighted by atomic mass is 16.6. The Kier molecular flexibility index (Phi) is 12.7. The van der Waals surface area contributed by atoms with Gasteiger partial charge in [0, 0.05) is 12.6 Å². The van der Waals surface area contributed by atoms with Crippen LogP contribution in [0.15, 0.2) is 54.6 Å². The van der Waals surface area contributed by atoms with Gasteiger partial charge in [-0.15, -0.1) is 0 Å². The molecule has 0 spiro atoms. The Labute approximate surface area is 253 Å². The third kappa shape index (κ3) is 11.9. The molecular weight excluding hydrogens is 554 g/mol. The lowest BCUT2D eigenvalue weighted by Gasteiger charge is -2.26. The molecule has 1 fully saturated rings. The fraction of sp³-hybridized carbons (Fsp3) is 0.500. The summed E-state index contributed by atoms with van der Waals surface area (Å²) in [4.78, 5) is 50.9. The van der Waals surface area contributed by atoms with Gasteiger partial charge in [-0.25, -0.2) is 9.59 Å². The number of carbonyl (C=O) groups is 4. The molecule has 1 aliphatic rings. The topological polar surface area (TPSA) is 141 Å². The van der Waals surface area contributed by atoms with Gasteiger partial charge in [0.15, 0.2) is 0 Å². The molecule has 0 heterocycles. The number of alkyl carbamates (subject to hydrolysis) is 2. The Hall–Kier alpha value is -4.28. The zero-order valence-corrected chi connectivity index (χ0v) is 25.4. The van der Waals surface area contributed by atoms with Crippen molar-refractivity contribution in [3.05, 3.63) is 65.7 Å². The summed E-state index contributed by atoms with van der Waals surface area (Å²) >= 11 is 0. The number of esters is 1. The summed E-state index contributed by atoms with van der Waals surface area (Å²) in [6.45, 7) is 5.68. The van der Waals surface area contributed by atoms with E-state index in [0.29, 0.717) is 25.0 Å². The molecule has 11 nitrogen and oxygen atoms in total. The fourth-order valence-electron chi connectivity index (χ4n) is 4.67. The second kappa shape index (κ2) is 16.4. The van der Waals surface area contributed by atoms with Crippen molar-refractivity contribution >= 4 is 24.1 Å². The molecule has 3 rings (SSSR count). The quantitative estimate of drug-likeness (QED) is 0.173. The van der Waals surface area contributed by atoms with Gasteiger partial charge in [-0.05, 0) is 69.7 Å². The molecule has 0 aromatic heterocycles. The smallest absolute Gasteiger partial charge is 0.408 e. The highest BCUT2D eigenvalue weighted by Crippen LogP contribution is 2.27. The van der Waals surface area contributed by atoms with Gasteiger partial charge in [0.2, 0.25) is 5.91 Å². The normalized spacial score (nSPS) is 16.8. The highest BCUT2D eigenvalue weighted by molar-refractivity contribution is 5.86. The first-order chi connectivity index (χ1) is 20.5. The monoisotopic (exact) mass is 597 g/mol. The number of hydrogen-bond acceptors (Lipinski definition) is 8. The van der Waals surface area contributed by atoms with E-state index in [4.69, 9.17) is 18.9 Å². The van der Waals surface area contributed by atoms with Crippen molar-refractivity contribution in [2.24, 2.45) is 5.92 Å². The van der Waals surface area contributed by atoms with Crippen LogP contribution >= 0.6 is 0 Å². The number of amides is 3. The van der Waals surface area contributed by atoms with Crippen LogP contribution in [0.25, 0.3) is 0 Å². The van der Waals surface area contributed by atoms with Gasteiger partial charge < -0.3 is 34.9 Å². The average Bonchev–Trinajstić information content (AvgIpc) is 3.44. The van der Waals surface area contributed by atoms with Crippen LogP contribution in [0.3, 0.4) is 0 Å².